The van der Waals surface area contributed by atoms with Crippen LogP contribution in [0.1, 0.15) is 31.3 Å². The Morgan fingerprint density at radius 1 is 1.32 bits per heavy atom. The molecule has 0 spiro atoms. The second-order valence-corrected chi connectivity index (χ2v) is 8.80. The highest BCUT2D eigenvalue weighted by Crippen LogP contribution is 2.29. The molecular weight excluding hydrogens is 402 g/mol. The largest absolute Gasteiger partial charge is 0.482 e. The maximum atomic E-state index is 12.2. The van der Waals surface area contributed by atoms with E-state index in [0.717, 1.165) is 10.6 Å². The first-order valence-electron chi connectivity index (χ1n) is 8.85. The molecule has 9 heteroatoms. The molecule has 28 heavy (non-hydrogen) atoms. The van der Waals surface area contributed by atoms with Crippen molar-refractivity contribution >= 4 is 40.1 Å². The molecule has 0 atom stereocenters. The predicted molar refractivity (Wildman–Crippen MR) is 108 cm³/mol. The van der Waals surface area contributed by atoms with Crippen LogP contribution >= 0.6 is 22.9 Å². The molecule has 0 unspecified atom stereocenters. The van der Waals surface area contributed by atoms with Gasteiger partial charge in [0.25, 0.3) is 5.91 Å². The van der Waals surface area contributed by atoms with E-state index in [1.165, 1.54) is 11.3 Å². The molecule has 150 valence electrons. The Morgan fingerprint density at radius 3 is 2.79 bits per heavy atom. The number of amides is 2. The van der Waals surface area contributed by atoms with Gasteiger partial charge >= 0.3 is 6.09 Å². The third-order valence-electron chi connectivity index (χ3n) is 3.82. The highest BCUT2D eigenvalue weighted by atomic mass is 35.5. The lowest BCUT2D eigenvalue weighted by molar-refractivity contribution is -0.118. The van der Waals surface area contributed by atoms with Gasteiger partial charge < -0.3 is 14.4 Å². The van der Waals surface area contributed by atoms with E-state index in [2.05, 4.69) is 10.3 Å². The maximum Gasteiger partial charge on any atom is 0.410 e. The molecule has 1 N–H and O–H groups in total. The van der Waals surface area contributed by atoms with Gasteiger partial charge in [-0.05, 0) is 32.9 Å². The minimum atomic E-state index is -0.536. The molecule has 2 aromatic rings. The van der Waals surface area contributed by atoms with Crippen LogP contribution in [0.2, 0.25) is 5.02 Å². The lowest BCUT2D eigenvalue weighted by Crippen LogP contribution is -2.39. The summed E-state index contributed by atoms with van der Waals surface area (Å²) in [5.41, 5.74) is 0.360. The van der Waals surface area contributed by atoms with Crippen molar-refractivity contribution < 1.29 is 19.1 Å². The van der Waals surface area contributed by atoms with Crippen LogP contribution < -0.4 is 10.1 Å². The minimum Gasteiger partial charge on any atom is -0.482 e. The van der Waals surface area contributed by atoms with Gasteiger partial charge in [-0.3, -0.25) is 10.1 Å². The molecule has 1 aliphatic heterocycles. The molecule has 3 rings (SSSR count). The number of hydrogen-bond acceptors (Lipinski definition) is 6. The number of carbonyl (C=O) groups is 2. The highest BCUT2D eigenvalue weighted by molar-refractivity contribution is 7.15. The number of para-hydroxylation sites is 1. The molecule has 2 heterocycles. The van der Waals surface area contributed by atoms with E-state index in [4.69, 9.17) is 21.1 Å². The molecule has 0 saturated heterocycles. The number of anilines is 1. The van der Waals surface area contributed by atoms with Crippen molar-refractivity contribution in [3.05, 3.63) is 39.9 Å². The Balaban J connectivity index is 1.56. The van der Waals surface area contributed by atoms with Crippen molar-refractivity contribution in [1.29, 1.82) is 0 Å². The Morgan fingerprint density at radius 2 is 2.07 bits per heavy atom. The quantitative estimate of drug-likeness (QED) is 0.800. The number of ether oxygens (including phenoxy) is 2. The van der Waals surface area contributed by atoms with Gasteiger partial charge in [-0.15, -0.1) is 0 Å². The molecule has 7 nitrogen and oxygen atoms in total. The van der Waals surface area contributed by atoms with Gasteiger partial charge in [0, 0.05) is 17.8 Å². The average Bonchev–Trinajstić information content (AvgIpc) is 3.00. The van der Waals surface area contributed by atoms with Gasteiger partial charge in [-0.1, -0.05) is 35.1 Å². The Hall–Kier alpha value is -2.32. The van der Waals surface area contributed by atoms with Crippen molar-refractivity contribution in [1.82, 2.24) is 9.88 Å². The number of aromatic nitrogens is 1. The first kappa shape index (κ1) is 20.4. The van der Waals surface area contributed by atoms with Gasteiger partial charge in [0.15, 0.2) is 11.7 Å². The lowest BCUT2D eigenvalue weighted by atomic mass is 10.2. The van der Waals surface area contributed by atoms with Gasteiger partial charge in [-0.25, -0.2) is 9.78 Å². The fourth-order valence-corrected chi connectivity index (χ4v) is 3.82. The fraction of sp³-hybridized carbons (Fsp3) is 0.421. The molecule has 0 radical (unpaired) electrons. The number of carbonyl (C=O) groups excluding carboxylic acids is 2. The normalized spacial score (nSPS) is 13.6. The zero-order valence-electron chi connectivity index (χ0n) is 16.0. The highest BCUT2D eigenvalue weighted by Gasteiger charge is 2.28. The second kappa shape index (κ2) is 8.36. The Bertz CT molecular complexity index is 878. The van der Waals surface area contributed by atoms with E-state index in [9.17, 15) is 9.59 Å². The van der Waals surface area contributed by atoms with Crippen molar-refractivity contribution in [2.24, 2.45) is 0 Å². The van der Waals surface area contributed by atoms with E-state index in [-0.39, 0.29) is 18.6 Å². The van der Waals surface area contributed by atoms with Gasteiger partial charge in [0.1, 0.15) is 11.4 Å². The summed E-state index contributed by atoms with van der Waals surface area (Å²) in [5, 5.41) is 3.67. The molecule has 0 fully saturated rings. The maximum absolute atomic E-state index is 12.2. The van der Waals surface area contributed by atoms with Crippen LogP contribution in [-0.2, 0) is 22.5 Å². The van der Waals surface area contributed by atoms with E-state index >= 15 is 0 Å². The van der Waals surface area contributed by atoms with E-state index in [1.807, 2.05) is 20.8 Å². The molecule has 1 aromatic heterocycles. The Kier molecular flexibility index (Phi) is 6.10. The molecule has 2 amide bonds. The summed E-state index contributed by atoms with van der Waals surface area (Å²) in [6.07, 6.45) is 0.280. The van der Waals surface area contributed by atoms with Crippen molar-refractivity contribution in [3.63, 3.8) is 0 Å². The summed E-state index contributed by atoms with van der Waals surface area (Å²) in [7, 11) is 0. The van der Waals surface area contributed by atoms with Crippen LogP contribution in [0.25, 0.3) is 0 Å². The molecule has 1 aliphatic rings. The summed E-state index contributed by atoms with van der Waals surface area (Å²) in [6, 6.07) is 6.96. The van der Waals surface area contributed by atoms with Gasteiger partial charge in [0.2, 0.25) is 0 Å². The van der Waals surface area contributed by atoms with Crippen LogP contribution in [0.15, 0.2) is 24.3 Å². The topological polar surface area (TPSA) is 80.8 Å². The smallest absolute Gasteiger partial charge is 0.410 e. The van der Waals surface area contributed by atoms with E-state index in [0.29, 0.717) is 35.4 Å². The lowest BCUT2D eigenvalue weighted by Gasteiger charge is -2.29. The zero-order chi connectivity index (χ0) is 20.3. The number of halogens is 1. The third-order valence-corrected chi connectivity index (χ3v) is 5.13. The van der Waals surface area contributed by atoms with E-state index < -0.39 is 5.60 Å². The van der Waals surface area contributed by atoms with Crippen LogP contribution in [0, 0.1) is 0 Å². The SMILES string of the molecule is CC(C)(C)OC(=O)N1CCc2nc(NC(=O)COc3ccccc3Cl)sc2C1. The molecule has 1 aromatic carbocycles. The number of benzene rings is 1. The monoisotopic (exact) mass is 423 g/mol. The number of rotatable bonds is 4. The molecule has 0 saturated carbocycles. The number of fused-ring (bicyclic) bond motifs is 1. The standard InChI is InChI=1S/C19H22ClN3O4S/c1-19(2,3)27-18(25)23-9-8-13-15(10-23)28-17(21-13)22-16(24)11-26-14-7-5-4-6-12(14)20/h4-7H,8-11H2,1-3H3,(H,21,22,24). The molecule has 0 aliphatic carbocycles. The second-order valence-electron chi connectivity index (χ2n) is 7.31. The predicted octanol–water partition coefficient (Wildman–Crippen LogP) is 4.11. The number of nitrogens with one attached hydrogen (secondary N) is 1. The van der Waals surface area contributed by atoms with Gasteiger partial charge in [0.05, 0.1) is 17.3 Å². The van der Waals surface area contributed by atoms with Crippen LogP contribution in [0.3, 0.4) is 0 Å². The molecular formula is C19H22ClN3O4S. The summed E-state index contributed by atoms with van der Waals surface area (Å²) >= 11 is 7.36. The third kappa shape index (κ3) is 5.36. The Labute approximate surface area is 172 Å². The number of hydrogen-bond donors (Lipinski definition) is 1. The number of nitrogens with zero attached hydrogens (tertiary/aromatic N) is 2. The summed E-state index contributed by atoms with van der Waals surface area (Å²) in [4.78, 5) is 31.4. The molecule has 0 bridgehead atoms. The van der Waals surface area contributed by atoms with Crippen molar-refractivity contribution in [2.45, 2.75) is 39.3 Å². The van der Waals surface area contributed by atoms with Crippen LogP contribution in [0.4, 0.5) is 9.93 Å². The van der Waals surface area contributed by atoms with Crippen molar-refractivity contribution in [3.8, 4) is 5.75 Å². The first-order chi connectivity index (χ1) is 13.2. The minimum absolute atomic E-state index is 0.169. The van der Waals surface area contributed by atoms with Gasteiger partial charge in [-0.2, -0.15) is 0 Å². The summed E-state index contributed by atoms with van der Waals surface area (Å²) < 4.78 is 10.9. The fourth-order valence-electron chi connectivity index (χ4n) is 2.59. The van der Waals surface area contributed by atoms with Crippen LogP contribution in [0.5, 0.6) is 5.75 Å². The average molecular weight is 424 g/mol. The first-order valence-corrected chi connectivity index (χ1v) is 10.0. The number of thiazole rings is 1. The summed E-state index contributed by atoms with van der Waals surface area (Å²) in [5.74, 6) is 0.126. The van der Waals surface area contributed by atoms with Crippen molar-refractivity contribution in [2.75, 3.05) is 18.5 Å². The zero-order valence-corrected chi connectivity index (χ0v) is 17.5. The van der Waals surface area contributed by atoms with Crippen LogP contribution in [-0.4, -0.2) is 40.6 Å². The van der Waals surface area contributed by atoms with E-state index in [1.54, 1.807) is 29.2 Å². The summed E-state index contributed by atoms with van der Waals surface area (Å²) in [6.45, 7) is 6.31.